The summed E-state index contributed by atoms with van der Waals surface area (Å²) in [5.74, 6) is -0.219. The highest BCUT2D eigenvalue weighted by atomic mass is 16.2. The molecule has 1 atom stereocenters. The molecule has 0 aromatic rings. The van der Waals surface area contributed by atoms with E-state index in [1.807, 2.05) is 6.92 Å². The van der Waals surface area contributed by atoms with Crippen LogP contribution in [-0.2, 0) is 9.59 Å². The molecule has 1 fully saturated rings. The van der Waals surface area contributed by atoms with Gasteiger partial charge in [0, 0.05) is 6.42 Å². The Balaban J connectivity index is 2.74. The highest BCUT2D eigenvalue weighted by molar-refractivity contribution is 5.79. The van der Waals surface area contributed by atoms with E-state index in [1.165, 1.54) is 0 Å². The van der Waals surface area contributed by atoms with Gasteiger partial charge in [-0.15, -0.1) is 0 Å². The molecule has 0 radical (unpaired) electrons. The van der Waals surface area contributed by atoms with Gasteiger partial charge in [-0.3, -0.25) is 9.28 Å². The van der Waals surface area contributed by atoms with E-state index in [-0.39, 0.29) is 22.8 Å². The van der Waals surface area contributed by atoms with Gasteiger partial charge >= 0.3 is 5.91 Å². The van der Waals surface area contributed by atoms with Crippen LogP contribution in [0.2, 0.25) is 0 Å². The molecule has 68 valence electrons. The fourth-order valence-corrected chi connectivity index (χ4v) is 1.81. The highest BCUT2D eigenvalue weighted by Gasteiger charge is 2.40. The fraction of sp³-hybridized carbons (Fsp3) is 0.750. The van der Waals surface area contributed by atoms with E-state index in [9.17, 15) is 9.59 Å². The summed E-state index contributed by atoms with van der Waals surface area (Å²) >= 11 is 0. The highest BCUT2D eigenvalue weighted by Crippen LogP contribution is 2.19. The summed E-state index contributed by atoms with van der Waals surface area (Å²) < 4.78 is 0.273. The third-order valence-electron chi connectivity index (χ3n) is 2.57. The molecule has 0 aromatic carbocycles. The molecule has 0 aliphatic carbocycles. The van der Waals surface area contributed by atoms with Gasteiger partial charge in [-0.1, -0.05) is 0 Å². The van der Waals surface area contributed by atoms with Crippen LogP contribution in [0, 0.1) is 0 Å². The summed E-state index contributed by atoms with van der Waals surface area (Å²) in [7, 11) is 0. The predicted molar refractivity (Wildman–Crippen MR) is 44.0 cm³/mol. The molecule has 12 heavy (non-hydrogen) atoms. The SMILES string of the molecule is CC[N@+]1(CC(N)=O)CCCC1=O. The minimum Gasteiger partial charge on any atom is -0.365 e. The van der Waals surface area contributed by atoms with E-state index in [0.717, 1.165) is 13.0 Å². The van der Waals surface area contributed by atoms with Crippen LogP contribution in [0.4, 0.5) is 0 Å². The maximum absolute atomic E-state index is 11.4. The third-order valence-corrected chi connectivity index (χ3v) is 2.57. The van der Waals surface area contributed by atoms with Crippen LogP contribution in [0.1, 0.15) is 19.8 Å². The molecule has 0 unspecified atom stereocenters. The average molecular weight is 171 g/mol. The predicted octanol–water partition coefficient (Wildman–Crippen LogP) is -0.371. The minimum atomic E-state index is -0.382. The molecular weight excluding hydrogens is 156 g/mol. The van der Waals surface area contributed by atoms with Gasteiger partial charge in [0.15, 0.2) is 6.54 Å². The van der Waals surface area contributed by atoms with Gasteiger partial charge in [-0.25, -0.2) is 4.79 Å². The number of quaternary nitrogens is 1. The van der Waals surface area contributed by atoms with Crippen molar-refractivity contribution in [3.63, 3.8) is 0 Å². The lowest BCUT2D eigenvalue weighted by Crippen LogP contribution is -2.53. The quantitative estimate of drug-likeness (QED) is 0.589. The first kappa shape index (κ1) is 9.19. The lowest BCUT2D eigenvalue weighted by Gasteiger charge is -2.28. The second-order valence-electron chi connectivity index (χ2n) is 3.31. The zero-order valence-electron chi connectivity index (χ0n) is 7.38. The normalized spacial score (nSPS) is 29.2. The van der Waals surface area contributed by atoms with Gasteiger partial charge in [0.1, 0.15) is 0 Å². The summed E-state index contributed by atoms with van der Waals surface area (Å²) in [6, 6.07) is 0. The molecule has 0 aromatic heterocycles. The van der Waals surface area contributed by atoms with Crippen molar-refractivity contribution in [2.24, 2.45) is 5.73 Å². The zero-order valence-corrected chi connectivity index (χ0v) is 7.38. The van der Waals surface area contributed by atoms with Crippen molar-refractivity contribution in [2.45, 2.75) is 19.8 Å². The van der Waals surface area contributed by atoms with E-state index in [1.54, 1.807) is 0 Å². The second kappa shape index (κ2) is 3.23. The number of likely N-dealkylation sites (tertiary alicyclic amines) is 1. The summed E-state index contributed by atoms with van der Waals surface area (Å²) in [4.78, 5) is 22.1. The van der Waals surface area contributed by atoms with Crippen molar-refractivity contribution >= 4 is 11.8 Å². The number of hydrogen-bond acceptors (Lipinski definition) is 2. The number of primary amides is 1. The number of carbonyl (C=O) groups is 2. The van der Waals surface area contributed by atoms with Crippen molar-refractivity contribution < 1.29 is 14.1 Å². The average Bonchev–Trinajstić information content (AvgIpc) is 2.32. The topological polar surface area (TPSA) is 60.2 Å². The maximum atomic E-state index is 11.4. The van der Waals surface area contributed by atoms with Crippen molar-refractivity contribution in [3.8, 4) is 0 Å². The number of nitrogens with zero attached hydrogens (tertiary/aromatic N) is 1. The largest absolute Gasteiger partial charge is 0.365 e. The second-order valence-corrected chi connectivity index (χ2v) is 3.31. The lowest BCUT2D eigenvalue weighted by atomic mass is 10.3. The summed E-state index contributed by atoms with van der Waals surface area (Å²) in [6.45, 7) is 3.56. The van der Waals surface area contributed by atoms with E-state index in [0.29, 0.717) is 13.0 Å². The Kier molecular flexibility index (Phi) is 2.47. The van der Waals surface area contributed by atoms with E-state index in [2.05, 4.69) is 0 Å². The Morgan fingerprint density at radius 3 is 2.67 bits per heavy atom. The van der Waals surface area contributed by atoms with E-state index in [4.69, 9.17) is 5.73 Å². The maximum Gasteiger partial charge on any atom is 0.314 e. The van der Waals surface area contributed by atoms with Crippen molar-refractivity contribution in [3.05, 3.63) is 0 Å². The Bertz CT molecular complexity index is 215. The molecule has 1 aliphatic rings. The third kappa shape index (κ3) is 1.48. The Morgan fingerprint density at radius 1 is 1.67 bits per heavy atom. The zero-order chi connectivity index (χ0) is 9.19. The Hall–Kier alpha value is -0.900. The number of nitrogens with two attached hydrogens (primary N) is 1. The molecular formula is C8H15N2O2+. The Morgan fingerprint density at radius 2 is 2.33 bits per heavy atom. The van der Waals surface area contributed by atoms with Gasteiger partial charge < -0.3 is 5.73 Å². The van der Waals surface area contributed by atoms with Crippen LogP contribution in [0.15, 0.2) is 0 Å². The fourth-order valence-electron chi connectivity index (χ4n) is 1.81. The molecule has 1 aliphatic heterocycles. The van der Waals surface area contributed by atoms with Crippen LogP contribution in [-0.4, -0.2) is 35.9 Å². The molecule has 1 heterocycles. The monoisotopic (exact) mass is 171 g/mol. The van der Waals surface area contributed by atoms with Crippen LogP contribution >= 0.6 is 0 Å². The number of hydrogen-bond donors (Lipinski definition) is 1. The number of carbonyl (C=O) groups excluding carboxylic acids is 2. The molecule has 0 bridgehead atoms. The molecule has 2 N–H and O–H groups in total. The standard InChI is InChI=1S/C8H14N2O2/c1-2-10(6-7(9)11)5-3-4-8(10)12/h2-6H2,1H3,(H-,9,11)/p+1/t10-/m1/s1. The van der Waals surface area contributed by atoms with Crippen molar-refractivity contribution in [2.75, 3.05) is 19.6 Å². The summed E-state index contributed by atoms with van der Waals surface area (Å²) in [5, 5.41) is 0. The first-order valence-corrected chi connectivity index (χ1v) is 4.28. The number of rotatable bonds is 3. The van der Waals surface area contributed by atoms with Crippen LogP contribution in [0.5, 0.6) is 0 Å². The van der Waals surface area contributed by atoms with Crippen molar-refractivity contribution in [1.82, 2.24) is 0 Å². The Labute approximate surface area is 71.9 Å². The van der Waals surface area contributed by atoms with Gasteiger partial charge in [0.2, 0.25) is 0 Å². The smallest absolute Gasteiger partial charge is 0.314 e. The van der Waals surface area contributed by atoms with Gasteiger partial charge in [-0.2, -0.15) is 0 Å². The van der Waals surface area contributed by atoms with Crippen molar-refractivity contribution in [1.29, 1.82) is 0 Å². The first-order valence-electron chi connectivity index (χ1n) is 4.28. The molecule has 1 rings (SSSR count). The van der Waals surface area contributed by atoms with Gasteiger partial charge in [0.05, 0.1) is 19.5 Å². The van der Waals surface area contributed by atoms with Crippen LogP contribution < -0.4 is 5.73 Å². The summed E-state index contributed by atoms with van der Waals surface area (Å²) in [6.07, 6.45) is 1.49. The molecule has 4 nitrogen and oxygen atoms in total. The molecule has 0 spiro atoms. The summed E-state index contributed by atoms with van der Waals surface area (Å²) in [5.41, 5.74) is 5.09. The number of amides is 2. The lowest BCUT2D eigenvalue weighted by molar-refractivity contribution is -0.836. The van der Waals surface area contributed by atoms with Gasteiger partial charge in [0.25, 0.3) is 5.91 Å². The van der Waals surface area contributed by atoms with E-state index < -0.39 is 0 Å². The molecule has 4 heteroatoms. The van der Waals surface area contributed by atoms with Gasteiger partial charge in [-0.05, 0) is 6.92 Å². The molecule has 1 saturated heterocycles. The van der Waals surface area contributed by atoms with E-state index >= 15 is 0 Å². The first-order chi connectivity index (χ1) is 5.60. The van der Waals surface area contributed by atoms with Crippen LogP contribution in [0.25, 0.3) is 0 Å². The van der Waals surface area contributed by atoms with Crippen LogP contribution in [0.3, 0.4) is 0 Å². The number of likely N-dealkylation sites (N-methyl/N-ethyl adjacent to an activating group) is 1. The molecule has 2 amide bonds. The minimum absolute atomic E-state index is 0.163. The molecule has 0 saturated carbocycles.